The van der Waals surface area contributed by atoms with E-state index in [4.69, 9.17) is 4.74 Å². The number of benzene rings is 3. The van der Waals surface area contributed by atoms with Crippen molar-refractivity contribution in [1.82, 2.24) is 9.66 Å². The smallest absolute Gasteiger partial charge is 0.280 e. The molecule has 0 unspecified atom stereocenters. The molecule has 0 aliphatic carbocycles. The average molecular weight is 385 g/mol. The number of carbonyl (C=O) groups excluding carboxylic acids is 1. The van der Waals surface area contributed by atoms with Gasteiger partial charge in [-0.2, -0.15) is 4.68 Å². The zero-order valence-corrected chi connectivity index (χ0v) is 16.0. The van der Waals surface area contributed by atoms with Gasteiger partial charge in [-0.25, -0.2) is 4.98 Å². The van der Waals surface area contributed by atoms with Crippen LogP contribution in [0.25, 0.3) is 22.3 Å². The first-order valence-corrected chi connectivity index (χ1v) is 9.11. The highest BCUT2D eigenvalue weighted by Crippen LogP contribution is 2.23. The predicted molar refractivity (Wildman–Crippen MR) is 113 cm³/mol. The van der Waals surface area contributed by atoms with Gasteiger partial charge in [0.15, 0.2) is 5.82 Å². The van der Waals surface area contributed by atoms with Gasteiger partial charge in [-0.3, -0.25) is 15.0 Å². The van der Waals surface area contributed by atoms with Crippen LogP contribution in [0.2, 0.25) is 0 Å². The number of nitrogens with zero attached hydrogens (tertiary/aromatic N) is 2. The molecule has 4 rings (SSSR count). The van der Waals surface area contributed by atoms with E-state index in [-0.39, 0.29) is 11.5 Å². The second kappa shape index (κ2) is 7.59. The molecular weight excluding hydrogens is 366 g/mol. The molecular formula is C23H19N3O3. The van der Waals surface area contributed by atoms with Crippen LogP contribution in [0.5, 0.6) is 5.75 Å². The predicted octanol–water partition coefficient (Wildman–Crippen LogP) is 3.76. The summed E-state index contributed by atoms with van der Waals surface area (Å²) in [6.45, 7) is 1.85. The van der Waals surface area contributed by atoms with Crippen LogP contribution in [0.4, 0.5) is 0 Å². The van der Waals surface area contributed by atoms with Crippen LogP contribution >= 0.6 is 0 Å². The second-order valence-corrected chi connectivity index (χ2v) is 6.58. The molecule has 0 bridgehead atoms. The second-order valence-electron chi connectivity index (χ2n) is 6.58. The van der Waals surface area contributed by atoms with Crippen molar-refractivity contribution in [3.8, 4) is 17.1 Å². The summed E-state index contributed by atoms with van der Waals surface area (Å²) in [5.74, 6) is 0.572. The maximum absolute atomic E-state index is 13.2. The Morgan fingerprint density at radius 1 is 1.00 bits per heavy atom. The molecule has 29 heavy (non-hydrogen) atoms. The van der Waals surface area contributed by atoms with Crippen molar-refractivity contribution in [2.24, 2.45) is 0 Å². The van der Waals surface area contributed by atoms with E-state index in [9.17, 15) is 9.59 Å². The fourth-order valence-corrected chi connectivity index (χ4v) is 3.18. The van der Waals surface area contributed by atoms with E-state index in [2.05, 4.69) is 10.4 Å². The molecule has 0 radical (unpaired) electrons. The van der Waals surface area contributed by atoms with Gasteiger partial charge >= 0.3 is 0 Å². The van der Waals surface area contributed by atoms with E-state index in [1.54, 1.807) is 49.6 Å². The van der Waals surface area contributed by atoms with Crippen LogP contribution in [-0.2, 0) is 0 Å². The minimum Gasteiger partial charge on any atom is -0.497 e. The Balaban J connectivity index is 1.91. The number of hydrogen-bond donors (Lipinski definition) is 1. The molecule has 0 aliphatic rings. The largest absolute Gasteiger partial charge is 0.497 e. The topological polar surface area (TPSA) is 73.2 Å². The number of methoxy groups -OCH3 is 1. The third-order valence-electron chi connectivity index (χ3n) is 4.71. The van der Waals surface area contributed by atoms with Gasteiger partial charge in [-0.15, -0.1) is 0 Å². The molecule has 3 aromatic carbocycles. The van der Waals surface area contributed by atoms with Crippen LogP contribution in [-0.4, -0.2) is 22.7 Å². The molecule has 0 fully saturated rings. The Morgan fingerprint density at radius 3 is 2.55 bits per heavy atom. The molecule has 0 spiro atoms. The number of fused-ring (bicyclic) bond motifs is 1. The lowest BCUT2D eigenvalue weighted by Crippen LogP contribution is -2.35. The Labute approximate surface area is 167 Å². The highest BCUT2D eigenvalue weighted by Gasteiger charge is 2.17. The summed E-state index contributed by atoms with van der Waals surface area (Å²) >= 11 is 0. The molecule has 0 saturated carbocycles. The first-order valence-electron chi connectivity index (χ1n) is 9.11. The number of amides is 1. The number of aromatic nitrogens is 2. The van der Waals surface area contributed by atoms with E-state index in [0.717, 1.165) is 5.56 Å². The van der Waals surface area contributed by atoms with Gasteiger partial charge < -0.3 is 4.74 Å². The van der Waals surface area contributed by atoms with Gasteiger partial charge in [0.05, 0.1) is 18.0 Å². The molecule has 0 saturated heterocycles. The van der Waals surface area contributed by atoms with Crippen LogP contribution in [0.3, 0.4) is 0 Å². The normalized spacial score (nSPS) is 10.7. The standard InChI is InChI=1S/C23H19N3O3/c1-15-8-3-4-11-18(15)22(27)25-26-21(16-9-7-10-17(14-16)29-2)24-20-13-6-5-12-19(20)23(26)28/h3-14H,1-2H3,(H,25,27). The molecule has 4 aromatic rings. The van der Waals surface area contributed by atoms with Crippen LogP contribution < -0.4 is 15.7 Å². The van der Waals surface area contributed by atoms with Crippen molar-refractivity contribution in [2.75, 3.05) is 12.5 Å². The number of carbonyl (C=O) groups is 1. The maximum atomic E-state index is 13.2. The summed E-state index contributed by atoms with van der Waals surface area (Å²) in [6.07, 6.45) is 0. The third-order valence-corrected chi connectivity index (χ3v) is 4.71. The first-order chi connectivity index (χ1) is 14.1. The van der Waals surface area contributed by atoms with Crippen molar-refractivity contribution >= 4 is 16.8 Å². The molecule has 1 amide bonds. The van der Waals surface area contributed by atoms with Crippen molar-refractivity contribution in [2.45, 2.75) is 6.92 Å². The zero-order chi connectivity index (χ0) is 20.4. The van der Waals surface area contributed by atoms with Crippen LogP contribution in [0.1, 0.15) is 15.9 Å². The highest BCUT2D eigenvalue weighted by molar-refractivity contribution is 6.01. The molecule has 1 N–H and O–H groups in total. The third kappa shape index (κ3) is 3.48. The quantitative estimate of drug-likeness (QED) is 0.580. The summed E-state index contributed by atoms with van der Waals surface area (Å²) in [5.41, 5.74) is 4.88. The highest BCUT2D eigenvalue weighted by atomic mass is 16.5. The van der Waals surface area contributed by atoms with Crippen LogP contribution in [0.15, 0.2) is 77.6 Å². The van der Waals surface area contributed by atoms with Gasteiger partial charge in [0.2, 0.25) is 0 Å². The van der Waals surface area contributed by atoms with Gasteiger partial charge in [0.1, 0.15) is 5.75 Å². The number of para-hydroxylation sites is 1. The maximum Gasteiger partial charge on any atom is 0.280 e. The minimum absolute atomic E-state index is 0.328. The van der Waals surface area contributed by atoms with Crippen molar-refractivity contribution < 1.29 is 9.53 Å². The van der Waals surface area contributed by atoms with Crippen molar-refractivity contribution in [1.29, 1.82) is 0 Å². The van der Waals surface area contributed by atoms with E-state index >= 15 is 0 Å². The van der Waals surface area contributed by atoms with E-state index in [0.29, 0.717) is 33.6 Å². The average Bonchev–Trinajstić information content (AvgIpc) is 2.76. The van der Waals surface area contributed by atoms with E-state index in [1.165, 1.54) is 4.68 Å². The lowest BCUT2D eigenvalue weighted by Gasteiger charge is -2.15. The molecule has 6 heteroatoms. The first kappa shape index (κ1) is 18.4. The number of rotatable bonds is 4. The van der Waals surface area contributed by atoms with Crippen LogP contribution in [0, 0.1) is 6.92 Å². The van der Waals surface area contributed by atoms with Gasteiger partial charge in [-0.05, 0) is 42.8 Å². The van der Waals surface area contributed by atoms with Gasteiger partial charge in [-0.1, -0.05) is 42.5 Å². The molecule has 144 valence electrons. The lowest BCUT2D eigenvalue weighted by molar-refractivity contribution is 0.101. The molecule has 0 atom stereocenters. The van der Waals surface area contributed by atoms with Crippen molar-refractivity contribution in [3.05, 3.63) is 94.3 Å². The summed E-state index contributed by atoms with van der Waals surface area (Å²) in [4.78, 5) is 30.8. The number of hydrogen-bond acceptors (Lipinski definition) is 4. The van der Waals surface area contributed by atoms with Crippen molar-refractivity contribution in [3.63, 3.8) is 0 Å². The monoisotopic (exact) mass is 385 g/mol. The van der Waals surface area contributed by atoms with E-state index < -0.39 is 0 Å². The number of nitrogens with one attached hydrogen (secondary N) is 1. The number of ether oxygens (including phenoxy) is 1. The molecule has 6 nitrogen and oxygen atoms in total. The summed E-state index contributed by atoms with van der Waals surface area (Å²) in [7, 11) is 1.57. The molecule has 1 aromatic heterocycles. The molecule has 1 heterocycles. The summed E-state index contributed by atoms with van der Waals surface area (Å²) in [5, 5.41) is 0.421. The van der Waals surface area contributed by atoms with Gasteiger partial charge in [0.25, 0.3) is 11.5 Å². The Kier molecular flexibility index (Phi) is 4.83. The fourth-order valence-electron chi connectivity index (χ4n) is 3.18. The SMILES string of the molecule is COc1cccc(-c2nc3ccccc3c(=O)n2NC(=O)c2ccccc2C)c1. The lowest BCUT2D eigenvalue weighted by atomic mass is 10.1. The number of aryl methyl sites for hydroxylation is 1. The summed E-state index contributed by atoms with van der Waals surface area (Å²) < 4.78 is 6.50. The Morgan fingerprint density at radius 2 is 1.76 bits per heavy atom. The fraction of sp³-hybridized carbons (Fsp3) is 0.0870. The van der Waals surface area contributed by atoms with Gasteiger partial charge in [0, 0.05) is 11.1 Å². The summed E-state index contributed by atoms with van der Waals surface area (Å²) in [6, 6.07) is 21.5. The molecule has 0 aliphatic heterocycles. The zero-order valence-electron chi connectivity index (χ0n) is 16.0. The van der Waals surface area contributed by atoms with E-state index in [1.807, 2.05) is 37.3 Å². The minimum atomic E-state index is -0.383. The Hall–Kier alpha value is -3.93. The Bertz CT molecular complexity index is 1280.